The number of carbonyl (C=O) groups is 2. The second-order valence-electron chi connectivity index (χ2n) is 6.90. The molecule has 1 aliphatic heterocycles. The topological polar surface area (TPSA) is 70.2 Å². The zero-order valence-corrected chi connectivity index (χ0v) is 15.4. The van der Waals surface area contributed by atoms with Gasteiger partial charge in [-0.25, -0.2) is 0 Å². The number of nitrogens with one attached hydrogen (secondary N) is 3. The lowest BCUT2D eigenvalue weighted by atomic mass is 9.88. The monoisotopic (exact) mass is 365 g/mol. The zero-order chi connectivity index (χ0) is 16.8. The molecule has 0 bridgehead atoms. The molecule has 2 fully saturated rings. The van der Waals surface area contributed by atoms with Crippen LogP contribution in [0.2, 0.25) is 0 Å². The second kappa shape index (κ2) is 9.78. The highest BCUT2D eigenvalue weighted by atomic mass is 35.5. The number of carbonyl (C=O) groups excluding carboxylic acids is 2. The molecule has 1 unspecified atom stereocenters. The van der Waals surface area contributed by atoms with E-state index in [0.29, 0.717) is 0 Å². The molecule has 2 amide bonds. The Balaban J connectivity index is 0.00000225. The van der Waals surface area contributed by atoms with Crippen LogP contribution in [0.4, 0.5) is 11.4 Å². The Hall–Kier alpha value is -1.59. The maximum absolute atomic E-state index is 12.3. The van der Waals surface area contributed by atoms with Gasteiger partial charge < -0.3 is 16.0 Å². The van der Waals surface area contributed by atoms with Crippen molar-refractivity contribution >= 4 is 35.6 Å². The van der Waals surface area contributed by atoms with Crippen molar-refractivity contribution in [2.24, 2.45) is 5.92 Å². The second-order valence-corrected chi connectivity index (χ2v) is 6.90. The number of hydrogen-bond acceptors (Lipinski definition) is 3. The van der Waals surface area contributed by atoms with Crippen LogP contribution in [0.25, 0.3) is 0 Å². The molecule has 1 atom stereocenters. The van der Waals surface area contributed by atoms with Gasteiger partial charge in [0.2, 0.25) is 11.8 Å². The third-order valence-electron chi connectivity index (χ3n) is 5.00. The molecular weight excluding hydrogens is 338 g/mol. The lowest BCUT2D eigenvalue weighted by molar-refractivity contribution is -0.121. The van der Waals surface area contributed by atoms with Gasteiger partial charge in [0.25, 0.3) is 0 Å². The number of benzene rings is 1. The Kier molecular flexibility index (Phi) is 7.72. The maximum Gasteiger partial charge on any atom is 0.241 e. The number of hydrogen-bond donors (Lipinski definition) is 3. The third-order valence-corrected chi connectivity index (χ3v) is 5.00. The number of anilines is 2. The van der Waals surface area contributed by atoms with Gasteiger partial charge in [0, 0.05) is 17.3 Å². The fraction of sp³-hybridized carbons (Fsp3) is 0.579. The minimum atomic E-state index is -0.112. The number of rotatable bonds is 4. The summed E-state index contributed by atoms with van der Waals surface area (Å²) in [6.45, 7) is 0.898. The summed E-state index contributed by atoms with van der Waals surface area (Å²) in [5.74, 6) is 0.237. The standard InChI is InChI=1S/C19H27N3O2.ClH/c23-18(14-7-2-1-3-8-14)21-15-9-6-10-16(13-15)22-19(24)17-11-4-5-12-20-17;/h6,9-10,13-14,17,20H,1-5,7-8,11-12H2,(H,21,23)(H,22,24);1H. The van der Waals surface area contributed by atoms with Crippen LogP contribution in [0, 0.1) is 5.92 Å². The first-order chi connectivity index (χ1) is 11.7. The van der Waals surface area contributed by atoms with Crippen molar-refractivity contribution in [1.29, 1.82) is 0 Å². The van der Waals surface area contributed by atoms with E-state index >= 15 is 0 Å². The largest absolute Gasteiger partial charge is 0.326 e. The van der Waals surface area contributed by atoms with E-state index in [1.54, 1.807) is 0 Å². The van der Waals surface area contributed by atoms with Crippen LogP contribution in [0.5, 0.6) is 0 Å². The average Bonchev–Trinajstić information content (AvgIpc) is 2.63. The fourth-order valence-electron chi connectivity index (χ4n) is 3.59. The maximum atomic E-state index is 12.3. The van der Waals surface area contributed by atoms with Crippen LogP contribution < -0.4 is 16.0 Å². The predicted molar refractivity (Wildman–Crippen MR) is 103 cm³/mol. The van der Waals surface area contributed by atoms with E-state index in [1.165, 1.54) is 6.42 Å². The summed E-state index contributed by atoms with van der Waals surface area (Å²) in [4.78, 5) is 24.6. The summed E-state index contributed by atoms with van der Waals surface area (Å²) in [6.07, 6.45) is 8.58. The van der Waals surface area contributed by atoms with E-state index < -0.39 is 0 Å². The van der Waals surface area contributed by atoms with E-state index in [0.717, 1.165) is 62.9 Å². The highest BCUT2D eigenvalue weighted by Crippen LogP contribution is 2.25. The smallest absolute Gasteiger partial charge is 0.241 e. The molecule has 2 aliphatic rings. The highest BCUT2D eigenvalue weighted by molar-refractivity contribution is 5.97. The van der Waals surface area contributed by atoms with Gasteiger partial charge in [0.05, 0.1) is 6.04 Å². The van der Waals surface area contributed by atoms with E-state index in [4.69, 9.17) is 0 Å². The molecule has 1 aromatic rings. The normalized spacial score (nSPS) is 21.0. The van der Waals surface area contributed by atoms with Crippen LogP contribution in [0.3, 0.4) is 0 Å². The molecular formula is C19H28ClN3O2. The van der Waals surface area contributed by atoms with E-state index in [1.807, 2.05) is 24.3 Å². The molecule has 6 heteroatoms. The zero-order valence-electron chi connectivity index (χ0n) is 14.6. The molecule has 1 aliphatic carbocycles. The Labute approximate surface area is 155 Å². The molecule has 138 valence electrons. The van der Waals surface area contributed by atoms with Gasteiger partial charge in [-0.05, 0) is 50.4 Å². The minimum Gasteiger partial charge on any atom is -0.326 e. The Morgan fingerprint density at radius 1 is 0.880 bits per heavy atom. The molecule has 1 saturated carbocycles. The molecule has 0 spiro atoms. The molecule has 1 saturated heterocycles. The van der Waals surface area contributed by atoms with Crippen molar-refractivity contribution in [3.63, 3.8) is 0 Å². The molecule has 3 rings (SSSR count). The molecule has 0 radical (unpaired) electrons. The quantitative estimate of drug-likeness (QED) is 0.761. The van der Waals surface area contributed by atoms with E-state index in [-0.39, 0.29) is 36.2 Å². The molecule has 5 nitrogen and oxygen atoms in total. The van der Waals surface area contributed by atoms with Crippen LogP contribution in [0.1, 0.15) is 51.4 Å². The van der Waals surface area contributed by atoms with E-state index in [9.17, 15) is 9.59 Å². The van der Waals surface area contributed by atoms with Gasteiger partial charge in [0.1, 0.15) is 0 Å². The summed E-state index contributed by atoms with van der Waals surface area (Å²) >= 11 is 0. The first kappa shape index (κ1) is 19.7. The number of piperidine rings is 1. The van der Waals surface area contributed by atoms with Crippen molar-refractivity contribution < 1.29 is 9.59 Å². The Morgan fingerprint density at radius 2 is 1.52 bits per heavy atom. The first-order valence-corrected chi connectivity index (χ1v) is 9.17. The molecule has 0 aromatic heterocycles. The minimum absolute atomic E-state index is 0. The SMILES string of the molecule is Cl.O=C(Nc1cccc(NC(=O)C2CCCCN2)c1)C1CCCCC1. The molecule has 3 N–H and O–H groups in total. The van der Waals surface area contributed by atoms with Crippen molar-refractivity contribution in [2.45, 2.75) is 57.4 Å². The van der Waals surface area contributed by atoms with Crippen molar-refractivity contribution in [3.05, 3.63) is 24.3 Å². The van der Waals surface area contributed by atoms with Gasteiger partial charge in [-0.2, -0.15) is 0 Å². The summed E-state index contributed by atoms with van der Waals surface area (Å²) in [5, 5.41) is 9.20. The van der Waals surface area contributed by atoms with Crippen LogP contribution >= 0.6 is 12.4 Å². The predicted octanol–water partition coefficient (Wildman–Crippen LogP) is 3.71. The number of halogens is 1. The van der Waals surface area contributed by atoms with Gasteiger partial charge in [-0.15, -0.1) is 12.4 Å². The summed E-state index contributed by atoms with van der Waals surface area (Å²) in [5.41, 5.74) is 1.48. The van der Waals surface area contributed by atoms with Crippen molar-refractivity contribution in [3.8, 4) is 0 Å². The highest BCUT2D eigenvalue weighted by Gasteiger charge is 2.22. The first-order valence-electron chi connectivity index (χ1n) is 9.17. The summed E-state index contributed by atoms with van der Waals surface area (Å²) in [7, 11) is 0. The van der Waals surface area contributed by atoms with Gasteiger partial charge in [0.15, 0.2) is 0 Å². The van der Waals surface area contributed by atoms with Crippen molar-refractivity contribution in [2.75, 3.05) is 17.2 Å². The summed E-state index contributed by atoms with van der Waals surface area (Å²) in [6, 6.07) is 7.31. The van der Waals surface area contributed by atoms with Crippen LogP contribution in [0.15, 0.2) is 24.3 Å². The number of amides is 2. The van der Waals surface area contributed by atoms with Gasteiger partial charge >= 0.3 is 0 Å². The van der Waals surface area contributed by atoms with E-state index in [2.05, 4.69) is 16.0 Å². The lowest BCUT2D eigenvalue weighted by Crippen LogP contribution is -2.43. The van der Waals surface area contributed by atoms with Crippen LogP contribution in [-0.4, -0.2) is 24.4 Å². The summed E-state index contributed by atoms with van der Waals surface area (Å²) < 4.78 is 0. The average molecular weight is 366 g/mol. The van der Waals surface area contributed by atoms with Gasteiger partial charge in [-0.1, -0.05) is 31.7 Å². The Bertz CT molecular complexity index is 535. The third kappa shape index (κ3) is 5.72. The molecule has 1 heterocycles. The molecule has 25 heavy (non-hydrogen) atoms. The van der Waals surface area contributed by atoms with Gasteiger partial charge in [-0.3, -0.25) is 9.59 Å². The fourth-order valence-corrected chi connectivity index (χ4v) is 3.59. The lowest BCUT2D eigenvalue weighted by Gasteiger charge is -2.23. The molecule has 1 aromatic carbocycles. The Morgan fingerprint density at radius 3 is 2.16 bits per heavy atom. The van der Waals surface area contributed by atoms with Crippen molar-refractivity contribution in [1.82, 2.24) is 5.32 Å². The van der Waals surface area contributed by atoms with Crippen LogP contribution in [-0.2, 0) is 9.59 Å².